The molecule has 1 aromatic carbocycles. The van der Waals surface area contributed by atoms with Gasteiger partial charge in [0.15, 0.2) is 0 Å². The normalized spacial score (nSPS) is 11.9. The van der Waals surface area contributed by atoms with Crippen LogP contribution < -0.4 is 4.90 Å². The summed E-state index contributed by atoms with van der Waals surface area (Å²) in [5.41, 5.74) is 1.33. The van der Waals surface area contributed by atoms with Crippen LogP contribution in [-0.2, 0) is 4.79 Å². The summed E-state index contributed by atoms with van der Waals surface area (Å²) >= 11 is 0. The molecule has 0 saturated heterocycles. The smallest absolute Gasteiger partial charge is 0.305 e. The summed E-state index contributed by atoms with van der Waals surface area (Å²) in [6.07, 6.45) is -0.00400. The third-order valence-electron chi connectivity index (χ3n) is 3.13. The average molecular weight is 266 g/mol. The number of rotatable bonds is 6. The quantitative estimate of drug-likeness (QED) is 0.632. The van der Waals surface area contributed by atoms with E-state index in [0.29, 0.717) is 17.8 Å². The van der Waals surface area contributed by atoms with E-state index >= 15 is 0 Å². The first-order valence-corrected chi connectivity index (χ1v) is 6.10. The third kappa shape index (κ3) is 3.43. The van der Waals surface area contributed by atoms with E-state index in [2.05, 4.69) is 0 Å². The minimum atomic E-state index is -0.881. The number of carbonyl (C=O) groups is 1. The minimum absolute atomic E-state index is 0.00400. The number of anilines is 1. The van der Waals surface area contributed by atoms with Crippen molar-refractivity contribution in [2.45, 2.75) is 33.2 Å². The second-order valence-corrected chi connectivity index (χ2v) is 4.41. The van der Waals surface area contributed by atoms with E-state index < -0.39 is 10.9 Å². The number of benzene rings is 1. The Bertz CT molecular complexity index is 488. The second-order valence-electron chi connectivity index (χ2n) is 4.41. The molecule has 1 rings (SSSR count). The number of nitro benzene ring substituents is 1. The van der Waals surface area contributed by atoms with Crippen LogP contribution in [-0.4, -0.2) is 28.6 Å². The molecule has 104 valence electrons. The van der Waals surface area contributed by atoms with Gasteiger partial charge in [-0.25, -0.2) is 0 Å². The molecule has 1 N–H and O–H groups in total. The third-order valence-corrected chi connectivity index (χ3v) is 3.13. The van der Waals surface area contributed by atoms with Crippen molar-refractivity contribution in [3.05, 3.63) is 33.9 Å². The van der Waals surface area contributed by atoms with Crippen LogP contribution in [0.2, 0.25) is 0 Å². The maximum absolute atomic E-state index is 10.9. The predicted molar refractivity (Wildman–Crippen MR) is 72.6 cm³/mol. The Morgan fingerprint density at radius 3 is 2.63 bits per heavy atom. The number of aliphatic carboxylic acids is 1. The van der Waals surface area contributed by atoms with Crippen molar-refractivity contribution >= 4 is 17.3 Å². The molecule has 0 bridgehead atoms. The SMILES string of the molecule is CCN(c1cccc([N+](=O)[O-])c1C)C(C)CC(=O)O. The van der Waals surface area contributed by atoms with Crippen LogP contribution in [0.3, 0.4) is 0 Å². The topological polar surface area (TPSA) is 83.7 Å². The van der Waals surface area contributed by atoms with Gasteiger partial charge in [-0.2, -0.15) is 0 Å². The molecule has 0 aliphatic rings. The van der Waals surface area contributed by atoms with Crippen molar-refractivity contribution in [2.75, 3.05) is 11.4 Å². The van der Waals surface area contributed by atoms with E-state index in [0.717, 1.165) is 0 Å². The van der Waals surface area contributed by atoms with Gasteiger partial charge in [0.05, 0.1) is 16.9 Å². The van der Waals surface area contributed by atoms with Crippen LogP contribution in [0.5, 0.6) is 0 Å². The van der Waals surface area contributed by atoms with Crippen molar-refractivity contribution in [1.29, 1.82) is 0 Å². The number of carboxylic acids is 1. The Hall–Kier alpha value is -2.11. The summed E-state index contributed by atoms with van der Waals surface area (Å²) in [7, 11) is 0. The fourth-order valence-corrected chi connectivity index (χ4v) is 2.20. The van der Waals surface area contributed by atoms with Gasteiger partial charge in [-0.1, -0.05) is 6.07 Å². The zero-order valence-electron chi connectivity index (χ0n) is 11.3. The highest BCUT2D eigenvalue weighted by Gasteiger charge is 2.21. The molecule has 6 nitrogen and oxygen atoms in total. The molecule has 19 heavy (non-hydrogen) atoms. The minimum Gasteiger partial charge on any atom is -0.481 e. The van der Waals surface area contributed by atoms with Gasteiger partial charge in [0.25, 0.3) is 5.69 Å². The standard InChI is InChI=1S/C13H18N2O4/c1-4-14(9(2)8-13(16)17)11-6-5-7-12(10(11)3)15(18)19/h5-7,9H,4,8H2,1-3H3,(H,16,17). The van der Waals surface area contributed by atoms with Gasteiger partial charge in [-0.3, -0.25) is 14.9 Å². The van der Waals surface area contributed by atoms with Crippen LogP contribution in [0.1, 0.15) is 25.8 Å². The predicted octanol–water partition coefficient (Wildman–Crippen LogP) is 2.59. The fraction of sp³-hybridized carbons (Fsp3) is 0.462. The van der Waals surface area contributed by atoms with Crippen LogP contribution in [0.15, 0.2) is 18.2 Å². The van der Waals surface area contributed by atoms with Gasteiger partial charge in [-0.05, 0) is 26.8 Å². The molecular weight excluding hydrogens is 248 g/mol. The first-order valence-electron chi connectivity index (χ1n) is 6.10. The van der Waals surface area contributed by atoms with Crippen molar-refractivity contribution in [1.82, 2.24) is 0 Å². The van der Waals surface area contributed by atoms with Crippen LogP contribution in [0.4, 0.5) is 11.4 Å². The molecule has 1 unspecified atom stereocenters. The maximum atomic E-state index is 10.9. The highest BCUT2D eigenvalue weighted by Crippen LogP contribution is 2.29. The Kier molecular flexibility index (Phi) is 4.86. The van der Waals surface area contributed by atoms with E-state index in [1.165, 1.54) is 6.07 Å². The maximum Gasteiger partial charge on any atom is 0.305 e. The van der Waals surface area contributed by atoms with Gasteiger partial charge >= 0.3 is 5.97 Å². The van der Waals surface area contributed by atoms with Gasteiger partial charge in [0.2, 0.25) is 0 Å². The molecule has 0 heterocycles. The molecule has 0 fully saturated rings. The van der Waals surface area contributed by atoms with Crippen molar-refractivity contribution in [2.24, 2.45) is 0 Å². The number of nitro groups is 1. The van der Waals surface area contributed by atoms with Crippen molar-refractivity contribution in [3.8, 4) is 0 Å². The lowest BCUT2D eigenvalue weighted by molar-refractivity contribution is -0.385. The number of carboxylic acid groups (broad SMARTS) is 1. The second kappa shape index (κ2) is 6.17. The molecule has 0 aromatic heterocycles. The highest BCUT2D eigenvalue weighted by molar-refractivity contribution is 5.69. The Labute approximate surface area is 111 Å². The van der Waals surface area contributed by atoms with E-state index in [4.69, 9.17) is 5.11 Å². The molecule has 6 heteroatoms. The Balaban J connectivity index is 3.15. The lowest BCUT2D eigenvalue weighted by Gasteiger charge is -2.30. The summed E-state index contributed by atoms with van der Waals surface area (Å²) in [6.45, 7) is 5.98. The first kappa shape index (κ1) is 14.9. The highest BCUT2D eigenvalue weighted by atomic mass is 16.6. The van der Waals surface area contributed by atoms with Crippen LogP contribution in [0.25, 0.3) is 0 Å². The molecule has 0 aliphatic heterocycles. The van der Waals surface area contributed by atoms with Crippen LogP contribution in [0, 0.1) is 17.0 Å². The Morgan fingerprint density at radius 1 is 1.53 bits per heavy atom. The summed E-state index contributed by atoms with van der Waals surface area (Å²) < 4.78 is 0. The molecule has 0 saturated carbocycles. The molecular formula is C13H18N2O4. The van der Waals surface area contributed by atoms with Crippen LogP contribution >= 0.6 is 0 Å². The average Bonchev–Trinajstić information content (AvgIpc) is 2.30. The van der Waals surface area contributed by atoms with Crippen molar-refractivity contribution < 1.29 is 14.8 Å². The van der Waals surface area contributed by atoms with Gasteiger partial charge < -0.3 is 10.0 Å². The zero-order chi connectivity index (χ0) is 14.6. The van der Waals surface area contributed by atoms with Gasteiger partial charge in [0.1, 0.15) is 0 Å². The van der Waals surface area contributed by atoms with E-state index in [1.807, 2.05) is 11.8 Å². The van der Waals surface area contributed by atoms with Gasteiger partial charge in [0, 0.05) is 24.3 Å². The van der Waals surface area contributed by atoms with Gasteiger partial charge in [-0.15, -0.1) is 0 Å². The van der Waals surface area contributed by atoms with E-state index in [9.17, 15) is 14.9 Å². The number of hydrogen-bond acceptors (Lipinski definition) is 4. The Morgan fingerprint density at radius 2 is 2.16 bits per heavy atom. The largest absolute Gasteiger partial charge is 0.481 e. The first-order chi connectivity index (χ1) is 8.88. The lowest BCUT2D eigenvalue weighted by Crippen LogP contribution is -2.35. The molecule has 0 aliphatic carbocycles. The monoisotopic (exact) mass is 266 g/mol. The molecule has 0 spiro atoms. The zero-order valence-corrected chi connectivity index (χ0v) is 11.3. The summed E-state index contributed by atoms with van der Waals surface area (Å²) in [5, 5.41) is 19.8. The summed E-state index contributed by atoms with van der Waals surface area (Å²) in [5.74, 6) is -0.881. The molecule has 0 radical (unpaired) electrons. The van der Waals surface area contributed by atoms with E-state index in [-0.39, 0.29) is 18.2 Å². The molecule has 0 amide bonds. The van der Waals surface area contributed by atoms with E-state index in [1.54, 1.807) is 26.0 Å². The number of hydrogen-bond donors (Lipinski definition) is 1. The molecule has 1 aromatic rings. The molecule has 1 atom stereocenters. The fourth-order valence-electron chi connectivity index (χ4n) is 2.20. The number of nitrogens with zero attached hydrogens (tertiary/aromatic N) is 2. The summed E-state index contributed by atoms with van der Waals surface area (Å²) in [6, 6.07) is 4.64. The lowest BCUT2D eigenvalue weighted by atomic mass is 10.1. The summed E-state index contributed by atoms with van der Waals surface area (Å²) in [4.78, 5) is 23.2. The van der Waals surface area contributed by atoms with Crippen molar-refractivity contribution in [3.63, 3.8) is 0 Å².